The Bertz CT molecular complexity index is 361. The van der Waals surface area contributed by atoms with Gasteiger partial charge in [0.05, 0.1) is 18.8 Å². The fourth-order valence-corrected chi connectivity index (χ4v) is 1.44. The highest BCUT2D eigenvalue weighted by Crippen LogP contribution is 2.21. The number of ether oxygens (including phenoxy) is 1. The van der Waals surface area contributed by atoms with E-state index in [1.807, 2.05) is 0 Å². The Balaban J connectivity index is 2.84. The number of rotatable bonds is 6. The molecular formula is C10H18ClN5O. The van der Waals surface area contributed by atoms with Crippen LogP contribution in [0.15, 0.2) is 6.20 Å². The van der Waals surface area contributed by atoms with Crippen LogP contribution in [0.1, 0.15) is 13.8 Å². The van der Waals surface area contributed by atoms with Crippen LogP contribution in [0.5, 0.6) is 0 Å². The number of nitrogens with zero attached hydrogens (tertiary/aromatic N) is 2. The molecule has 1 unspecified atom stereocenters. The van der Waals surface area contributed by atoms with E-state index in [2.05, 4.69) is 34.6 Å². The molecule has 0 aliphatic heterocycles. The number of nitrogen functional groups attached to an aromatic ring is 1. The van der Waals surface area contributed by atoms with Crippen molar-refractivity contribution in [2.75, 3.05) is 24.5 Å². The highest BCUT2D eigenvalue weighted by atomic mass is 35.5. The van der Waals surface area contributed by atoms with Crippen LogP contribution in [0.25, 0.3) is 0 Å². The van der Waals surface area contributed by atoms with Gasteiger partial charge in [0.25, 0.3) is 0 Å². The van der Waals surface area contributed by atoms with Gasteiger partial charge in [0, 0.05) is 7.11 Å². The maximum Gasteiger partial charge on any atom is 0.239 e. The lowest BCUT2D eigenvalue weighted by molar-refractivity contribution is 0.171. The smallest absolute Gasteiger partial charge is 0.239 e. The lowest BCUT2D eigenvalue weighted by Crippen LogP contribution is -2.31. The lowest BCUT2D eigenvalue weighted by Gasteiger charge is -2.22. The molecule has 0 amide bonds. The van der Waals surface area contributed by atoms with Crippen molar-refractivity contribution in [3.05, 3.63) is 11.2 Å². The molecule has 96 valence electrons. The predicted octanol–water partition coefficient (Wildman–Crippen LogP) is 1.50. The Hall–Kier alpha value is -1.11. The molecule has 4 N–H and O–H groups in total. The zero-order chi connectivity index (χ0) is 12.8. The molecule has 7 heteroatoms. The molecule has 0 bridgehead atoms. The van der Waals surface area contributed by atoms with E-state index in [0.29, 0.717) is 29.3 Å². The SMILES string of the molecule is COCC(Nc1nc(NN)ncc1Cl)C(C)C. The van der Waals surface area contributed by atoms with Crippen LogP contribution in [0.2, 0.25) is 5.02 Å². The summed E-state index contributed by atoms with van der Waals surface area (Å²) in [5.41, 5.74) is 2.38. The Morgan fingerprint density at radius 2 is 2.24 bits per heavy atom. The number of halogens is 1. The van der Waals surface area contributed by atoms with E-state index in [0.717, 1.165) is 0 Å². The average molecular weight is 260 g/mol. The van der Waals surface area contributed by atoms with Gasteiger partial charge in [-0.25, -0.2) is 10.8 Å². The molecule has 17 heavy (non-hydrogen) atoms. The maximum absolute atomic E-state index is 6.01. The minimum absolute atomic E-state index is 0.123. The van der Waals surface area contributed by atoms with Gasteiger partial charge < -0.3 is 10.1 Å². The first-order valence-corrected chi connectivity index (χ1v) is 5.71. The first-order chi connectivity index (χ1) is 8.08. The predicted molar refractivity (Wildman–Crippen MR) is 69.0 cm³/mol. The summed E-state index contributed by atoms with van der Waals surface area (Å²) in [4.78, 5) is 8.05. The second kappa shape index (κ2) is 6.58. The summed E-state index contributed by atoms with van der Waals surface area (Å²) < 4.78 is 5.14. The highest BCUT2D eigenvalue weighted by Gasteiger charge is 2.15. The second-order valence-electron chi connectivity index (χ2n) is 3.98. The van der Waals surface area contributed by atoms with E-state index < -0.39 is 0 Å². The van der Waals surface area contributed by atoms with Crippen LogP contribution in [0.3, 0.4) is 0 Å². The molecule has 6 nitrogen and oxygen atoms in total. The van der Waals surface area contributed by atoms with Crippen molar-refractivity contribution in [2.24, 2.45) is 11.8 Å². The molecule has 0 aliphatic carbocycles. The monoisotopic (exact) mass is 259 g/mol. The molecule has 0 fully saturated rings. The van der Waals surface area contributed by atoms with Crippen LogP contribution in [-0.2, 0) is 4.74 Å². The summed E-state index contributed by atoms with van der Waals surface area (Å²) in [5, 5.41) is 3.67. The largest absolute Gasteiger partial charge is 0.383 e. The quantitative estimate of drug-likeness (QED) is 0.530. The number of anilines is 2. The Labute approximate surface area is 106 Å². The normalized spacial score (nSPS) is 12.6. The third kappa shape index (κ3) is 3.99. The summed E-state index contributed by atoms with van der Waals surface area (Å²) in [7, 11) is 1.66. The summed E-state index contributed by atoms with van der Waals surface area (Å²) in [6.45, 7) is 4.76. The molecule has 0 saturated heterocycles. The van der Waals surface area contributed by atoms with Gasteiger partial charge in [-0.2, -0.15) is 4.98 Å². The molecule has 1 aromatic rings. The van der Waals surface area contributed by atoms with Crippen LogP contribution in [-0.4, -0.2) is 29.7 Å². The second-order valence-corrected chi connectivity index (χ2v) is 4.39. The van der Waals surface area contributed by atoms with Crippen molar-refractivity contribution in [3.8, 4) is 0 Å². The molecule has 0 aliphatic rings. The van der Waals surface area contributed by atoms with Gasteiger partial charge in [0.2, 0.25) is 5.95 Å². The van der Waals surface area contributed by atoms with Gasteiger partial charge >= 0.3 is 0 Å². The van der Waals surface area contributed by atoms with Crippen molar-refractivity contribution in [1.82, 2.24) is 9.97 Å². The maximum atomic E-state index is 6.01. The van der Waals surface area contributed by atoms with Gasteiger partial charge in [-0.1, -0.05) is 25.4 Å². The molecule has 0 saturated carbocycles. The third-order valence-corrected chi connectivity index (χ3v) is 2.62. The number of nitrogens with two attached hydrogens (primary N) is 1. The van der Waals surface area contributed by atoms with Gasteiger partial charge in [0.1, 0.15) is 5.02 Å². The van der Waals surface area contributed by atoms with Crippen molar-refractivity contribution >= 4 is 23.4 Å². The van der Waals surface area contributed by atoms with E-state index in [1.54, 1.807) is 7.11 Å². The van der Waals surface area contributed by atoms with E-state index in [9.17, 15) is 0 Å². The van der Waals surface area contributed by atoms with Crippen molar-refractivity contribution in [3.63, 3.8) is 0 Å². The summed E-state index contributed by atoms with van der Waals surface area (Å²) in [6.07, 6.45) is 1.50. The summed E-state index contributed by atoms with van der Waals surface area (Å²) in [6, 6.07) is 0.123. The Morgan fingerprint density at radius 3 is 2.76 bits per heavy atom. The number of hydrogen-bond acceptors (Lipinski definition) is 6. The van der Waals surface area contributed by atoms with Crippen molar-refractivity contribution in [2.45, 2.75) is 19.9 Å². The molecule has 0 spiro atoms. The van der Waals surface area contributed by atoms with E-state index in [4.69, 9.17) is 22.2 Å². The molecule has 1 rings (SSSR count). The van der Waals surface area contributed by atoms with Gasteiger partial charge in [-0.05, 0) is 5.92 Å². The zero-order valence-corrected chi connectivity index (χ0v) is 11.0. The zero-order valence-electron chi connectivity index (χ0n) is 10.2. The highest BCUT2D eigenvalue weighted by molar-refractivity contribution is 6.32. The molecule has 0 aromatic carbocycles. The summed E-state index contributed by atoms with van der Waals surface area (Å²) in [5.74, 6) is 6.50. The van der Waals surface area contributed by atoms with Crippen molar-refractivity contribution in [1.29, 1.82) is 0 Å². The Kier molecular flexibility index (Phi) is 5.40. The first-order valence-electron chi connectivity index (χ1n) is 5.33. The van der Waals surface area contributed by atoms with Gasteiger partial charge in [-0.15, -0.1) is 0 Å². The molecule has 1 aromatic heterocycles. The number of nitrogens with one attached hydrogen (secondary N) is 2. The number of hydrazine groups is 1. The van der Waals surface area contributed by atoms with E-state index >= 15 is 0 Å². The minimum Gasteiger partial charge on any atom is -0.383 e. The fraction of sp³-hybridized carbons (Fsp3) is 0.600. The third-order valence-electron chi connectivity index (χ3n) is 2.35. The Morgan fingerprint density at radius 1 is 1.53 bits per heavy atom. The van der Waals surface area contributed by atoms with E-state index in [1.165, 1.54) is 6.20 Å². The minimum atomic E-state index is 0.123. The number of hydrogen-bond donors (Lipinski definition) is 3. The van der Waals surface area contributed by atoms with Crippen LogP contribution in [0.4, 0.5) is 11.8 Å². The van der Waals surface area contributed by atoms with Crippen LogP contribution >= 0.6 is 11.6 Å². The number of aromatic nitrogens is 2. The molecule has 1 heterocycles. The lowest BCUT2D eigenvalue weighted by atomic mass is 10.1. The fourth-order valence-electron chi connectivity index (χ4n) is 1.29. The molecule has 1 atom stereocenters. The van der Waals surface area contributed by atoms with Gasteiger partial charge in [0.15, 0.2) is 5.82 Å². The topological polar surface area (TPSA) is 85.1 Å². The number of methoxy groups -OCH3 is 1. The molecular weight excluding hydrogens is 242 g/mol. The van der Waals surface area contributed by atoms with Crippen molar-refractivity contribution < 1.29 is 4.74 Å². The molecule has 0 radical (unpaired) electrons. The average Bonchev–Trinajstić information content (AvgIpc) is 2.31. The van der Waals surface area contributed by atoms with Crippen LogP contribution in [0, 0.1) is 5.92 Å². The van der Waals surface area contributed by atoms with E-state index in [-0.39, 0.29) is 6.04 Å². The first kappa shape index (κ1) is 14.0. The standard InChI is InChI=1S/C10H18ClN5O/c1-6(2)8(5-17-3)14-9-7(11)4-13-10(15-9)16-12/h4,6,8H,5,12H2,1-3H3,(H2,13,14,15,16). The summed E-state index contributed by atoms with van der Waals surface area (Å²) >= 11 is 6.01. The van der Waals surface area contributed by atoms with Crippen LogP contribution < -0.4 is 16.6 Å². The van der Waals surface area contributed by atoms with Gasteiger partial charge in [-0.3, -0.25) is 5.43 Å².